The zero-order valence-corrected chi connectivity index (χ0v) is 11.9. The number of benzene rings is 2. The third-order valence-electron chi connectivity index (χ3n) is 3.15. The number of para-hydroxylation sites is 2. The van der Waals surface area contributed by atoms with Crippen molar-refractivity contribution in [3.8, 4) is 5.75 Å². The van der Waals surface area contributed by atoms with Gasteiger partial charge in [0.1, 0.15) is 11.3 Å². The van der Waals surface area contributed by atoms with Gasteiger partial charge in [-0.1, -0.05) is 12.1 Å². The minimum absolute atomic E-state index is 0.289. The number of nitrogens with one attached hydrogen (secondary N) is 1. The Kier molecular flexibility index (Phi) is 3.87. The summed E-state index contributed by atoms with van der Waals surface area (Å²) in [7, 11) is 1.61. The smallest absolute Gasteiger partial charge is 0.232 e. The van der Waals surface area contributed by atoms with Crippen molar-refractivity contribution in [3.05, 3.63) is 60.6 Å². The van der Waals surface area contributed by atoms with Crippen molar-refractivity contribution in [2.75, 3.05) is 12.4 Å². The lowest BCUT2D eigenvalue weighted by Crippen LogP contribution is -1.93. The number of allylic oxidation sites excluding steroid dienone is 1. The molecular weight excluding hydrogens is 280 g/mol. The Morgan fingerprint density at radius 2 is 1.95 bits per heavy atom. The average Bonchev–Trinajstić information content (AvgIpc) is 3.00. The van der Waals surface area contributed by atoms with E-state index in [4.69, 9.17) is 9.15 Å². The molecule has 0 bridgehead atoms. The largest absolute Gasteiger partial charge is 0.497 e. The monoisotopic (exact) mass is 294 g/mol. The number of nitrogens with zero attached hydrogens (tertiary/aromatic N) is 1. The molecule has 22 heavy (non-hydrogen) atoms. The van der Waals surface area contributed by atoms with Crippen molar-refractivity contribution in [2.45, 2.75) is 0 Å². The number of aromatic nitrogens is 1. The summed E-state index contributed by atoms with van der Waals surface area (Å²) in [5.41, 5.74) is 2.53. The summed E-state index contributed by atoms with van der Waals surface area (Å²) in [6, 6.07) is 14.7. The van der Waals surface area contributed by atoms with Gasteiger partial charge in [-0.05, 0) is 36.4 Å². The average molecular weight is 294 g/mol. The number of rotatable bonds is 5. The molecule has 0 saturated carbocycles. The number of hydrogen-bond donors (Lipinski definition) is 1. The first-order valence-corrected chi connectivity index (χ1v) is 6.72. The molecule has 0 atom stereocenters. The summed E-state index contributed by atoms with van der Waals surface area (Å²) >= 11 is 0. The lowest BCUT2D eigenvalue weighted by atomic mass is 10.3. The van der Waals surface area contributed by atoms with Gasteiger partial charge in [-0.15, -0.1) is 0 Å². The first-order chi connectivity index (χ1) is 10.8. The summed E-state index contributed by atoms with van der Waals surface area (Å²) < 4.78 is 10.7. The summed E-state index contributed by atoms with van der Waals surface area (Å²) in [6.07, 6.45) is 2.28. The molecule has 110 valence electrons. The molecular formula is C17H14N2O3. The molecule has 2 aromatic carbocycles. The predicted octanol–water partition coefficient (Wildman–Crippen LogP) is 3.49. The maximum Gasteiger partial charge on any atom is 0.232 e. The molecule has 0 fully saturated rings. The number of ether oxygens (including phenoxy) is 1. The van der Waals surface area contributed by atoms with Gasteiger partial charge in [0.05, 0.1) is 12.7 Å². The number of methoxy groups -OCH3 is 1. The molecule has 1 N–H and O–H groups in total. The molecule has 0 radical (unpaired) electrons. The van der Waals surface area contributed by atoms with E-state index in [0.717, 1.165) is 17.0 Å². The van der Waals surface area contributed by atoms with Crippen LogP contribution in [0.5, 0.6) is 5.75 Å². The van der Waals surface area contributed by atoms with Gasteiger partial charge in [0.2, 0.25) is 5.89 Å². The topological polar surface area (TPSA) is 64.4 Å². The van der Waals surface area contributed by atoms with Gasteiger partial charge in [-0.25, -0.2) is 4.98 Å². The fourth-order valence-electron chi connectivity index (χ4n) is 1.99. The predicted molar refractivity (Wildman–Crippen MR) is 84.7 cm³/mol. The van der Waals surface area contributed by atoms with Crippen molar-refractivity contribution >= 4 is 28.6 Å². The summed E-state index contributed by atoms with van der Waals surface area (Å²) in [4.78, 5) is 15.6. The van der Waals surface area contributed by atoms with E-state index in [2.05, 4.69) is 10.3 Å². The summed E-state index contributed by atoms with van der Waals surface area (Å²) in [6.45, 7) is 0. The van der Waals surface area contributed by atoms with E-state index in [1.165, 1.54) is 0 Å². The Morgan fingerprint density at radius 1 is 1.18 bits per heavy atom. The van der Waals surface area contributed by atoms with E-state index in [-0.39, 0.29) is 5.89 Å². The first-order valence-electron chi connectivity index (χ1n) is 6.72. The van der Waals surface area contributed by atoms with Crippen LogP contribution in [0.1, 0.15) is 5.89 Å². The molecule has 3 rings (SSSR count). The zero-order valence-electron chi connectivity index (χ0n) is 11.9. The van der Waals surface area contributed by atoms with Crippen LogP contribution in [-0.4, -0.2) is 18.4 Å². The highest BCUT2D eigenvalue weighted by atomic mass is 16.5. The second-order valence-corrected chi connectivity index (χ2v) is 4.58. The highest BCUT2D eigenvalue weighted by Crippen LogP contribution is 2.20. The van der Waals surface area contributed by atoms with E-state index in [1.807, 2.05) is 48.5 Å². The highest BCUT2D eigenvalue weighted by molar-refractivity contribution is 6.06. The second kappa shape index (κ2) is 6.13. The van der Waals surface area contributed by atoms with Crippen LogP contribution < -0.4 is 10.1 Å². The maximum absolute atomic E-state index is 11.3. The molecule has 5 heteroatoms. The molecule has 5 nitrogen and oxygen atoms in total. The highest BCUT2D eigenvalue weighted by Gasteiger charge is 2.09. The van der Waals surface area contributed by atoms with Crippen molar-refractivity contribution in [2.24, 2.45) is 0 Å². The van der Waals surface area contributed by atoms with Crippen LogP contribution in [-0.2, 0) is 4.79 Å². The molecule has 0 spiro atoms. The van der Waals surface area contributed by atoms with E-state index in [0.29, 0.717) is 17.4 Å². The van der Waals surface area contributed by atoms with Gasteiger partial charge in [0, 0.05) is 11.9 Å². The van der Waals surface area contributed by atoms with Crippen LogP contribution in [0.25, 0.3) is 16.7 Å². The number of fused-ring (bicyclic) bond motifs is 1. The van der Waals surface area contributed by atoms with Gasteiger partial charge in [-0.2, -0.15) is 0 Å². The Hall–Kier alpha value is -3.08. The first kappa shape index (κ1) is 13.9. The van der Waals surface area contributed by atoms with E-state index >= 15 is 0 Å². The molecule has 0 unspecified atom stereocenters. The van der Waals surface area contributed by atoms with E-state index in [1.54, 1.807) is 13.3 Å². The van der Waals surface area contributed by atoms with Crippen molar-refractivity contribution in [1.82, 2.24) is 4.98 Å². The molecule has 0 aliphatic heterocycles. The van der Waals surface area contributed by atoms with Crippen molar-refractivity contribution < 1.29 is 13.9 Å². The third-order valence-corrected chi connectivity index (χ3v) is 3.15. The molecule has 0 aliphatic rings. The van der Waals surface area contributed by atoms with Crippen LogP contribution >= 0.6 is 0 Å². The molecule has 0 aliphatic carbocycles. The number of anilines is 1. The van der Waals surface area contributed by atoms with Gasteiger partial charge in [-0.3, -0.25) is 4.79 Å². The molecule has 3 aromatic rings. The lowest BCUT2D eigenvalue weighted by Gasteiger charge is -2.03. The number of carbonyl (C=O) groups excluding carboxylic acids is 1. The van der Waals surface area contributed by atoms with Gasteiger partial charge in [0.25, 0.3) is 0 Å². The SMILES string of the molecule is COc1ccc(N/C=C(/C=O)c2nc3ccccc3o2)cc1. The van der Waals surface area contributed by atoms with Crippen LogP contribution in [0.15, 0.2) is 59.1 Å². The molecule has 0 saturated heterocycles. The number of hydrogen-bond acceptors (Lipinski definition) is 5. The lowest BCUT2D eigenvalue weighted by molar-refractivity contribution is -0.103. The molecule has 1 heterocycles. The Morgan fingerprint density at radius 3 is 2.64 bits per heavy atom. The molecule has 0 amide bonds. The quantitative estimate of drug-likeness (QED) is 0.576. The minimum Gasteiger partial charge on any atom is -0.497 e. The van der Waals surface area contributed by atoms with Crippen LogP contribution in [0.4, 0.5) is 5.69 Å². The van der Waals surface area contributed by atoms with Gasteiger partial charge >= 0.3 is 0 Å². The van der Waals surface area contributed by atoms with E-state index < -0.39 is 0 Å². The van der Waals surface area contributed by atoms with Gasteiger partial charge in [0.15, 0.2) is 11.9 Å². The van der Waals surface area contributed by atoms with Gasteiger partial charge < -0.3 is 14.5 Å². The van der Waals surface area contributed by atoms with Crippen molar-refractivity contribution in [1.29, 1.82) is 0 Å². The normalized spacial score (nSPS) is 11.4. The Balaban J connectivity index is 1.84. The Bertz CT molecular complexity index is 786. The minimum atomic E-state index is 0.289. The summed E-state index contributed by atoms with van der Waals surface area (Å²) in [5, 5.41) is 3.04. The number of aldehydes is 1. The fraction of sp³-hybridized carbons (Fsp3) is 0.0588. The van der Waals surface area contributed by atoms with Crippen molar-refractivity contribution in [3.63, 3.8) is 0 Å². The van der Waals surface area contributed by atoms with Crippen LogP contribution in [0.2, 0.25) is 0 Å². The molecule has 1 aromatic heterocycles. The number of carbonyl (C=O) groups is 1. The second-order valence-electron chi connectivity index (χ2n) is 4.58. The third kappa shape index (κ3) is 2.83. The standard InChI is InChI=1S/C17H14N2O3/c1-21-14-8-6-13(7-9-14)18-10-12(11-20)17-19-15-4-2-3-5-16(15)22-17/h2-11,18H,1H3/b12-10-. The van der Waals surface area contributed by atoms with Crippen LogP contribution in [0.3, 0.4) is 0 Å². The maximum atomic E-state index is 11.3. The fourth-order valence-corrected chi connectivity index (χ4v) is 1.99. The number of oxazole rings is 1. The Labute approximate surface area is 127 Å². The van der Waals surface area contributed by atoms with Crippen LogP contribution in [0, 0.1) is 0 Å². The zero-order chi connectivity index (χ0) is 15.4. The van der Waals surface area contributed by atoms with E-state index in [9.17, 15) is 4.79 Å². The summed E-state index contributed by atoms with van der Waals surface area (Å²) in [5.74, 6) is 1.06.